The number of hydrogen-bond acceptors (Lipinski definition) is 7. The molecule has 0 aliphatic carbocycles. The highest BCUT2D eigenvalue weighted by Gasteiger charge is 2.37. The molecule has 0 saturated carbocycles. The van der Waals surface area contributed by atoms with Gasteiger partial charge in [0.25, 0.3) is 11.5 Å². The van der Waals surface area contributed by atoms with Crippen molar-refractivity contribution in [1.82, 2.24) is 4.57 Å². The molecule has 8 nitrogen and oxygen atoms in total. The van der Waals surface area contributed by atoms with Gasteiger partial charge in [-0.2, -0.15) is 0 Å². The highest BCUT2D eigenvalue weighted by atomic mass is 32.1. The molecule has 3 heterocycles. The number of thiazole rings is 1. The quantitative estimate of drug-likeness (QED) is 0.486. The lowest BCUT2D eigenvalue weighted by Gasteiger charge is -2.25. The predicted octanol–water partition coefficient (Wildman–Crippen LogP) is 2.93. The second-order valence-electron chi connectivity index (χ2n) is 9.07. The average Bonchev–Trinajstić information content (AvgIpc) is 3.34. The van der Waals surface area contributed by atoms with Crippen LogP contribution in [0.2, 0.25) is 0 Å². The van der Waals surface area contributed by atoms with Gasteiger partial charge < -0.3 is 14.4 Å². The van der Waals surface area contributed by atoms with Gasteiger partial charge in [0.15, 0.2) is 4.80 Å². The van der Waals surface area contributed by atoms with Gasteiger partial charge in [0.2, 0.25) is 0 Å². The van der Waals surface area contributed by atoms with Crippen molar-refractivity contribution in [1.29, 1.82) is 0 Å². The Morgan fingerprint density at radius 2 is 1.81 bits per heavy atom. The minimum absolute atomic E-state index is 0.217. The van der Waals surface area contributed by atoms with Crippen molar-refractivity contribution in [3.8, 4) is 5.75 Å². The van der Waals surface area contributed by atoms with Crippen LogP contribution in [0.3, 0.4) is 0 Å². The lowest BCUT2D eigenvalue weighted by Crippen LogP contribution is -2.41. The Hall–Kier alpha value is -3.98. The summed E-state index contributed by atoms with van der Waals surface area (Å²) < 4.78 is 12.7. The first-order valence-electron chi connectivity index (χ1n) is 12.1. The van der Waals surface area contributed by atoms with Crippen molar-refractivity contribution in [3.05, 3.63) is 90.6 Å². The summed E-state index contributed by atoms with van der Waals surface area (Å²) in [7, 11) is 1.57. The van der Waals surface area contributed by atoms with Gasteiger partial charge in [-0.15, -0.1) is 0 Å². The molecule has 37 heavy (non-hydrogen) atoms. The Morgan fingerprint density at radius 3 is 2.46 bits per heavy atom. The molecule has 0 spiro atoms. The lowest BCUT2D eigenvalue weighted by molar-refractivity contribution is -0.143. The zero-order valence-electron chi connectivity index (χ0n) is 21.3. The number of amides is 1. The van der Waals surface area contributed by atoms with Gasteiger partial charge in [0.1, 0.15) is 10.3 Å². The van der Waals surface area contributed by atoms with E-state index in [4.69, 9.17) is 9.47 Å². The summed E-state index contributed by atoms with van der Waals surface area (Å²) >= 11 is 1.16. The van der Waals surface area contributed by atoms with E-state index in [-0.39, 0.29) is 23.1 Å². The van der Waals surface area contributed by atoms with Gasteiger partial charge in [-0.25, -0.2) is 9.79 Å². The molecule has 3 aromatic rings. The van der Waals surface area contributed by atoms with Crippen molar-refractivity contribution >= 4 is 34.5 Å². The fourth-order valence-electron chi connectivity index (χ4n) is 4.83. The van der Waals surface area contributed by atoms with Crippen LogP contribution in [0.5, 0.6) is 5.75 Å². The molecule has 2 aliphatic heterocycles. The molecule has 0 N–H and O–H groups in total. The van der Waals surface area contributed by atoms with Gasteiger partial charge in [-0.05, 0) is 51.5 Å². The van der Waals surface area contributed by atoms with Crippen LogP contribution in [0.1, 0.15) is 44.9 Å². The number of fused-ring (bicyclic) bond motifs is 2. The fourth-order valence-corrected chi connectivity index (χ4v) is 5.96. The zero-order chi connectivity index (χ0) is 26.4. The number of aromatic nitrogens is 1. The number of carbonyl (C=O) groups excluding carboxylic acids is 2. The molecule has 0 radical (unpaired) electrons. The third-order valence-corrected chi connectivity index (χ3v) is 7.51. The molecule has 5 rings (SSSR count). The van der Waals surface area contributed by atoms with E-state index < -0.39 is 12.0 Å². The van der Waals surface area contributed by atoms with Crippen molar-refractivity contribution in [2.24, 2.45) is 4.99 Å². The molecule has 0 unspecified atom stereocenters. The second-order valence-corrected chi connectivity index (χ2v) is 10.0. The van der Waals surface area contributed by atoms with Crippen LogP contribution in [0.15, 0.2) is 69.6 Å². The number of nitrogens with zero attached hydrogens (tertiary/aromatic N) is 3. The van der Waals surface area contributed by atoms with E-state index in [0.29, 0.717) is 38.5 Å². The topological polar surface area (TPSA) is 90.2 Å². The normalized spacial score (nSPS) is 18.1. The van der Waals surface area contributed by atoms with Crippen LogP contribution < -0.4 is 24.5 Å². The number of allylic oxidation sites excluding steroid dienone is 1. The molecule has 0 fully saturated rings. The van der Waals surface area contributed by atoms with Gasteiger partial charge in [0, 0.05) is 12.1 Å². The lowest BCUT2D eigenvalue weighted by atomic mass is 9.95. The molecule has 190 valence electrons. The van der Waals surface area contributed by atoms with Crippen molar-refractivity contribution < 1.29 is 19.1 Å². The zero-order valence-corrected chi connectivity index (χ0v) is 22.1. The highest BCUT2D eigenvalue weighted by molar-refractivity contribution is 7.07. The Labute approximate surface area is 217 Å². The third kappa shape index (κ3) is 3.99. The van der Waals surface area contributed by atoms with Gasteiger partial charge in [-0.1, -0.05) is 41.7 Å². The first-order chi connectivity index (χ1) is 17.8. The van der Waals surface area contributed by atoms with Crippen LogP contribution in [-0.4, -0.2) is 36.2 Å². The average molecular weight is 518 g/mol. The SMILES string of the molecule is CCN1C(=O)/C(=c2/sc3n(c2=O)[C@@H](c2ccc(OC)cc2)C(C(=O)OC(C)C)=C(C)N=3)c2ccccc21. The molecule has 0 bridgehead atoms. The first-order valence-corrected chi connectivity index (χ1v) is 12.9. The van der Waals surface area contributed by atoms with E-state index >= 15 is 0 Å². The molecule has 0 saturated heterocycles. The summed E-state index contributed by atoms with van der Waals surface area (Å²) in [5, 5.41) is 0. The van der Waals surface area contributed by atoms with Gasteiger partial charge in [0.05, 0.1) is 41.8 Å². The molecule has 2 aromatic carbocycles. The van der Waals surface area contributed by atoms with E-state index in [2.05, 4.69) is 4.99 Å². The van der Waals surface area contributed by atoms with Crippen LogP contribution in [-0.2, 0) is 14.3 Å². The largest absolute Gasteiger partial charge is 0.497 e. The maximum Gasteiger partial charge on any atom is 0.338 e. The van der Waals surface area contributed by atoms with Gasteiger partial charge >= 0.3 is 5.97 Å². The number of carbonyl (C=O) groups is 2. The van der Waals surface area contributed by atoms with E-state index in [1.54, 1.807) is 44.9 Å². The first kappa shape index (κ1) is 24.7. The van der Waals surface area contributed by atoms with Gasteiger partial charge in [-0.3, -0.25) is 14.2 Å². The number of esters is 1. The number of anilines is 1. The fraction of sp³-hybridized carbons (Fsp3) is 0.286. The summed E-state index contributed by atoms with van der Waals surface area (Å²) in [6.07, 6.45) is -0.344. The summed E-state index contributed by atoms with van der Waals surface area (Å²) in [5.41, 5.74) is 2.95. The number of para-hydroxylation sites is 1. The van der Waals surface area contributed by atoms with Crippen LogP contribution >= 0.6 is 11.3 Å². The number of methoxy groups -OCH3 is 1. The minimum Gasteiger partial charge on any atom is -0.497 e. The van der Waals surface area contributed by atoms with Crippen molar-refractivity contribution in [2.75, 3.05) is 18.6 Å². The smallest absolute Gasteiger partial charge is 0.338 e. The Morgan fingerprint density at radius 1 is 1.11 bits per heavy atom. The Kier molecular flexibility index (Phi) is 6.33. The van der Waals surface area contributed by atoms with E-state index in [0.717, 1.165) is 22.6 Å². The van der Waals surface area contributed by atoms with E-state index in [1.807, 2.05) is 43.3 Å². The molecule has 2 aliphatic rings. The second kappa shape index (κ2) is 9.48. The maximum atomic E-state index is 14.1. The van der Waals surface area contributed by atoms with Crippen LogP contribution in [0.4, 0.5) is 5.69 Å². The van der Waals surface area contributed by atoms with Crippen LogP contribution in [0.25, 0.3) is 5.57 Å². The summed E-state index contributed by atoms with van der Waals surface area (Å²) in [6.45, 7) is 7.67. The monoisotopic (exact) mass is 517 g/mol. The molecule has 9 heteroatoms. The molecule has 1 atom stereocenters. The van der Waals surface area contributed by atoms with E-state index in [1.165, 1.54) is 4.57 Å². The molecule has 1 aromatic heterocycles. The Balaban J connectivity index is 1.80. The third-order valence-electron chi connectivity index (χ3n) is 6.46. The summed E-state index contributed by atoms with van der Waals surface area (Å²) in [6, 6.07) is 13.9. The van der Waals surface area contributed by atoms with Crippen molar-refractivity contribution in [3.63, 3.8) is 0 Å². The molecule has 1 amide bonds. The number of hydrogen-bond donors (Lipinski definition) is 0. The highest BCUT2D eigenvalue weighted by Crippen LogP contribution is 2.35. The number of rotatable bonds is 5. The van der Waals surface area contributed by atoms with E-state index in [9.17, 15) is 14.4 Å². The van der Waals surface area contributed by atoms with Crippen molar-refractivity contribution in [2.45, 2.75) is 39.8 Å². The maximum absolute atomic E-state index is 14.1. The molecular weight excluding hydrogens is 490 g/mol. The predicted molar refractivity (Wildman–Crippen MR) is 141 cm³/mol. The Bertz CT molecular complexity index is 1630. The number of benzene rings is 2. The number of ether oxygens (including phenoxy) is 2. The molecular formula is C28H27N3O5S. The summed E-state index contributed by atoms with van der Waals surface area (Å²) in [5.74, 6) is -0.0993. The number of likely N-dealkylation sites (N-methyl/N-ethyl adjacent to an activating group) is 1. The summed E-state index contributed by atoms with van der Waals surface area (Å²) in [4.78, 5) is 47.5. The van der Waals surface area contributed by atoms with Crippen LogP contribution in [0, 0.1) is 0 Å². The minimum atomic E-state index is -0.767. The standard InChI is InChI=1S/C28H27N3O5S/c1-6-30-20-10-8-7-9-19(20)22(25(30)32)24-26(33)31-23(17-11-13-18(35-5)14-12-17)21(27(34)36-15(2)3)16(4)29-28(31)37-24/h7-15,23H,6H2,1-5H3/b24-22+/t23-/m0/s1.